The van der Waals surface area contributed by atoms with E-state index < -0.39 is 0 Å². The summed E-state index contributed by atoms with van der Waals surface area (Å²) in [6, 6.07) is 0. The number of hydrogen-bond acceptors (Lipinski definition) is 2. The molecule has 0 amide bonds. The number of rotatable bonds is 6. The maximum Gasteiger partial charge on any atom is 0.0644 e. The molecule has 0 aliphatic heterocycles. The number of ether oxygens (including phenoxy) is 1. The van der Waals surface area contributed by atoms with Crippen molar-refractivity contribution in [1.29, 1.82) is 0 Å². The first kappa shape index (κ1) is 11.1. The zero-order valence-corrected chi connectivity index (χ0v) is 8.31. The third-order valence-electron chi connectivity index (χ3n) is 1.74. The van der Waals surface area contributed by atoms with E-state index in [2.05, 4.69) is 33.1 Å². The minimum absolute atomic E-state index is 0.568. The van der Waals surface area contributed by atoms with E-state index in [-0.39, 0.29) is 0 Å². The average Bonchev–Trinajstić information content (AvgIpc) is 1.97. The predicted octanol–water partition coefficient (Wildman–Crippen LogP) is 2.39. The number of hydrogen-bond donors (Lipinski definition) is 1. The second kappa shape index (κ2) is 6.74. The SMILES string of the molecule is C=CCOCC(CS)C(C)C. The highest BCUT2D eigenvalue weighted by molar-refractivity contribution is 7.80. The lowest BCUT2D eigenvalue weighted by Gasteiger charge is -2.17. The van der Waals surface area contributed by atoms with E-state index in [4.69, 9.17) is 4.74 Å². The van der Waals surface area contributed by atoms with Crippen molar-refractivity contribution in [1.82, 2.24) is 0 Å². The normalized spacial score (nSPS) is 13.5. The molecule has 0 N–H and O–H groups in total. The third kappa shape index (κ3) is 5.33. The van der Waals surface area contributed by atoms with Gasteiger partial charge in [-0.2, -0.15) is 12.6 Å². The van der Waals surface area contributed by atoms with E-state index in [1.807, 2.05) is 0 Å². The summed E-state index contributed by atoms with van der Waals surface area (Å²) in [5.41, 5.74) is 0. The van der Waals surface area contributed by atoms with Crippen LogP contribution in [0.4, 0.5) is 0 Å². The van der Waals surface area contributed by atoms with Gasteiger partial charge in [-0.3, -0.25) is 0 Å². The van der Waals surface area contributed by atoms with Crippen molar-refractivity contribution >= 4 is 12.6 Å². The van der Waals surface area contributed by atoms with Gasteiger partial charge >= 0.3 is 0 Å². The van der Waals surface area contributed by atoms with E-state index >= 15 is 0 Å². The Hall–Kier alpha value is 0.0500. The van der Waals surface area contributed by atoms with E-state index in [1.165, 1.54) is 0 Å². The van der Waals surface area contributed by atoms with Crippen LogP contribution >= 0.6 is 12.6 Å². The lowest BCUT2D eigenvalue weighted by atomic mass is 9.99. The fraction of sp³-hybridized carbons (Fsp3) is 0.778. The maximum atomic E-state index is 5.33. The van der Waals surface area contributed by atoms with Gasteiger partial charge in [-0.25, -0.2) is 0 Å². The van der Waals surface area contributed by atoms with Crippen molar-refractivity contribution in [3.63, 3.8) is 0 Å². The molecule has 0 bridgehead atoms. The highest BCUT2D eigenvalue weighted by Gasteiger charge is 2.10. The molecule has 0 aromatic carbocycles. The largest absolute Gasteiger partial charge is 0.377 e. The Labute approximate surface area is 75.2 Å². The summed E-state index contributed by atoms with van der Waals surface area (Å²) in [5.74, 6) is 2.12. The van der Waals surface area contributed by atoms with Crippen LogP contribution in [0.5, 0.6) is 0 Å². The minimum Gasteiger partial charge on any atom is -0.377 e. The van der Waals surface area contributed by atoms with Gasteiger partial charge in [0.2, 0.25) is 0 Å². The molecule has 2 heteroatoms. The molecule has 0 aliphatic carbocycles. The van der Waals surface area contributed by atoms with Crippen LogP contribution in [0.2, 0.25) is 0 Å². The van der Waals surface area contributed by atoms with Crippen molar-refractivity contribution in [3.05, 3.63) is 12.7 Å². The Morgan fingerprint density at radius 3 is 2.55 bits per heavy atom. The molecule has 0 saturated heterocycles. The molecule has 1 atom stereocenters. The predicted molar refractivity (Wildman–Crippen MR) is 53.2 cm³/mol. The molecule has 0 heterocycles. The zero-order valence-electron chi connectivity index (χ0n) is 7.42. The maximum absolute atomic E-state index is 5.33. The molecule has 0 radical (unpaired) electrons. The molecular weight excluding hydrogens is 156 g/mol. The summed E-state index contributed by atoms with van der Waals surface area (Å²) in [5, 5.41) is 0. The van der Waals surface area contributed by atoms with Crippen LogP contribution in [0.3, 0.4) is 0 Å². The van der Waals surface area contributed by atoms with Gasteiger partial charge in [-0.15, -0.1) is 6.58 Å². The third-order valence-corrected chi connectivity index (χ3v) is 2.21. The second-order valence-corrected chi connectivity index (χ2v) is 3.38. The lowest BCUT2D eigenvalue weighted by molar-refractivity contribution is 0.113. The van der Waals surface area contributed by atoms with Gasteiger partial charge in [0, 0.05) is 0 Å². The number of thiol groups is 1. The molecule has 11 heavy (non-hydrogen) atoms. The van der Waals surface area contributed by atoms with Crippen molar-refractivity contribution in [2.75, 3.05) is 19.0 Å². The minimum atomic E-state index is 0.568. The summed E-state index contributed by atoms with van der Waals surface area (Å²) in [7, 11) is 0. The van der Waals surface area contributed by atoms with E-state index in [1.54, 1.807) is 6.08 Å². The molecule has 0 saturated carbocycles. The summed E-state index contributed by atoms with van der Waals surface area (Å²) < 4.78 is 5.33. The van der Waals surface area contributed by atoms with Crippen LogP contribution in [0.15, 0.2) is 12.7 Å². The van der Waals surface area contributed by atoms with Gasteiger partial charge < -0.3 is 4.74 Å². The van der Waals surface area contributed by atoms with Crippen molar-refractivity contribution in [3.8, 4) is 0 Å². The Morgan fingerprint density at radius 2 is 2.18 bits per heavy atom. The molecule has 0 fully saturated rings. The molecule has 0 aromatic rings. The van der Waals surface area contributed by atoms with Crippen LogP contribution in [-0.4, -0.2) is 19.0 Å². The Bertz CT molecular complexity index is 102. The summed E-state index contributed by atoms with van der Waals surface area (Å²) in [6.07, 6.45) is 1.77. The average molecular weight is 174 g/mol. The zero-order chi connectivity index (χ0) is 8.69. The van der Waals surface area contributed by atoms with Gasteiger partial charge in [0.05, 0.1) is 13.2 Å². The standard InChI is InChI=1S/C9H18OS/c1-4-5-10-6-9(7-11)8(2)3/h4,8-9,11H,1,5-7H2,2-3H3. The Morgan fingerprint density at radius 1 is 1.55 bits per heavy atom. The Balaban J connectivity index is 3.43. The van der Waals surface area contributed by atoms with Crippen LogP contribution < -0.4 is 0 Å². The van der Waals surface area contributed by atoms with Crippen LogP contribution in [0, 0.1) is 11.8 Å². The van der Waals surface area contributed by atoms with Gasteiger partial charge in [0.15, 0.2) is 0 Å². The van der Waals surface area contributed by atoms with Crippen molar-refractivity contribution < 1.29 is 4.74 Å². The Kier molecular flexibility index (Phi) is 6.77. The van der Waals surface area contributed by atoms with E-state index in [0.717, 1.165) is 12.4 Å². The molecule has 0 aliphatic rings. The van der Waals surface area contributed by atoms with Crippen molar-refractivity contribution in [2.24, 2.45) is 11.8 Å². The first-order valence-corrected chi connectivity index (χ1v) is 4.65. The summed E-state index contributed by atoms with van der Waals surface area (Å²) in [4.78, 5) is 0. The van der Waals surface area contributed by atoms with E-state index in [9.17, 15) is 0 Å². The second-order valence-electron chi connectivity index (χ2n) is 3.01. The highest BCUT2D eigenvalue weighted by Crippen LogP contribution is 2.12. The van der Waals surface area contributed by atoms with Crippen LogP contribution in [0.25, 0.3) is 0 Å². The molecule has 1 unspecified atom stereocenters. The quantitative estimate of drug-likeness (QED) is 0.369. The lowest BCUT2D eigenvalue weighted by Crippen LogP contribution is -2.17. The smallest absolute Gasteiger partial charge is 0.0644 e. The van der Waals surface area contributed by atoms with Gasteiger partial charge in [-0.1, -0.05) is 19.9 Å². The van der Waals surface area contributed by atoms with Gasteiger partial charge in [0.1, 0.15) is 0 Å². The highest BCUT2D eigenvalue weighted by atomic mass is 32.1. The monoisotopic (exact) mass is 174 g/mol. The molecule has 0 rings (SSSR count). The molecule has 0 spiro atoms. The molecule has 1 nitrogen and oxygen atoms in total. The first-order chi connectivity index (χ1) is 5.22. The van der Waals surface area contributed by atoms with Crippen LogP contribution in [0.1, 0.15) is 13.8 Å². The fourth-order valence-corrected chi connectivity index (χ4v) is 1.29. The van der Waals surface area contributed by atoms with Gasteiger partial charge in [-0.05, 0) is 17.6 Å². The van der Waals surface area contributed by atoms with Crippen molar-refractivity contribution in [2.45, 2.75) is 13.8 Å². The van der Waals surface area contributed by atoms with Crippen LogP contribution in [-0.2, 0) is 4.74 Å². The fourth-order valence-electron chi connectivity index (χ4n) is 0.759. The van der Waals surface area contributed by atoms with E-state index in [0.29, 0.717) is 18.4 Å². The molecule has 66 valence electrons. The first-order valence-electron chi connectivity index (χ1n) is 4.01. The summed E-state index contributed by atoms with van der Waals surface area (Å²) >= 11 is 4.25. The molecular formula is C9H18OS. The van der Waals surface area contributed by atoms with Gasteiger partial charge in [0.25, 0.3) is 0 Å². The molecule has 0 aromatic heterocycles. The topological polar surface area (TPSA) is 9.23 Å². The summed E-state index contributed by atoms with van der Waals surface area (Å²) in [6.45, 7) is 9.42.